The van der Waals surface area contributed by atoms with Gasteiger partial charge in [-0.15, -0.1) is 11.6 Å². The van der Waals surface area contributed by atoms with Gasteiger partial charge in [-0.1, -0.05) is 6.07 Å². The van der Waals surface area contributed by atoms with Crippen molar-refractivity contribution < 1.29 is 22.3 Å². The van der Waals surface area contributed by atoms with Gasteiger partial charge in [0.05, 0.1) is 11.6 Å². The Labute approximate surface area is 109 Å². The van der Waals surface area contributed by atoms with Crippen LogP contribution in [0.3, 0.4) is 0 Å². The Kier molecular flexibility index (Phi) is 4.66. The van der Waals surface area contributed by atoms with Gasteiger partial charge < -0.3 is 4.74 Å². The van der Waals surface area contributed by atoms with Crippen LogP contribution in [0.5, 0.6) is 5.75 Å². The van der Waals surface area contributed by atoms with Crippen LogP contribution in [0, 0.1) is 0 Å². The molecule has 1 rings (SSSR count). The molecule has 1 unspecified atom stereocenters. The molecule has 0 fully saturated rings. The van der Waals surface area contributed by atoms with Crippen molar-refractivity contribution >= 4 is 27.5 Å². The van der Waals surface area contributed by atoms with E-state index < -0.39 is 17.7 Å². The number of rotatable bonds is 4. The third-order valence-corrected chi connectivity index (χ3v) is 3.26. The first-order chi connectivity index (χ1) is 7.80. The summed E-state index contributed by atoms with van der Waals surface area (Å²) in [4.78, 5) is 0. The third kappa shape index (κ3) is 3.04. The van der Waals surface area contributed by atoms with E-state index in [0.717, 1.165) is 0 Å². The summed E-state index contributed by atoms with van der Waals surface area (Å²) in [7, 11) is 1.39. The van der Waals surface area contributed by atoms with Crippen LogP contribution in [0.1, 0.15) is 10.9 Å². The predicted molar refractivity (Wildman–Crippen MR) is 60.2 cm³/mol. The molecule has 0 aliphatic carbocycles. The minimum atomic E-state index is -4.28. The lowest BCUT2D eigenvalue weighted by Gasteiger charge is -2.21. The molecule has 0 saturated carbocycles. The first-order valence-electron chi connectivity index (χ1n) is 4.44. The molecule has 1 aromatic carbocycles. The molecule has 0 spiro atoms. The minimum Gasteiger partial charge on any atom is -0.496 e. The van der Waals surface area contributed by atoms with Gasteiger partial charge in [-0.05, 0) is 33.6 Å². The number of hydrogen-bond acceptors (Lipinski definition) is 1. The summed E-state index contributed by atoms with van der Waals surface area (Å²) in [6.45, 7) is 0. The molecule has 0 heterocycles. The number of alkyl halides is 5. The fourth-order valence-corrected chi connectivity index (χ4v) is 1.96. The normalized spacial score (nSPS) is 13.9. The summed E-state index contributed by atoms with van der Waals surface area (Å²) in [5.74, 6) is -3.88. The van der Waals surface area contributed by atoms with Crippen LogP contribution < -0.4 is 4.74 Å². The molecule has 0 saturated heterocycles. The zero-order valence-electron chi connectivity index (χ0n) is 8.56. The molecular weight excluding hydrogens is 327 g/mol. The van der Waals surface area contributed by atoms with Crippen molar-refractivity contribution in [2.24, 2.45) is 0 Å². The molecular formula is C10H8BrClF4O. The summed E-state index contributed by atoms with van der Waals surface area (Å²) >= 11 is 8.43. The Hall–Kier alpha value is -0.490. The molecule has 1 atom stereocenters. The molecule has 1 nitrogen and oxygen atoms in total. The maximum atomic E-state index is 13.0. The molecule has 7 heteroatoms. The van der Waals surface area contributed by atoms with Crippen LogP contribution in [0.2, 0.25) is 0 Å². The van der Waals surface area contributed by atoms with Crippen molar-refractivity contribution in [3.8, 4) is 5.75 Å². The van der Waals surface area contributed by atoms with Crippen molar-refractivity contribution in [3.05, 3.63) is 28.2 Å². The van der Waals surface area contributed by atoms with Gasteiger partial charge in [-0.2, -0.15) is 8.78 Å². The molecule has 0 aromatic heterocycles. The lowest BCUT2D eigenvalue weighted by atomic mass is 10.1. The van der Waals surface area contributed by atoms with Crippen LogP contribution in [0.15, 0.2) is 22.7 Å². The monoisotopic (exact) mass is 334 g/mol. The molecule has 1 aromatic rings. The Morgan fingerprint density at radius 3 is 2.35 bits per heavy atom. The lowest BCUT2D eigenvalue weighted by molar-refractivity contribution is -0.130. The second-order valence-corrected chi connectivity index (χ2v) is 4.52. The van der Waals surface area contributed by atoms with Crippen molar-refractivity contribution in [1.82, 2.24) is 0 Å². The first-order valence-corrected chi connectivity index (χ1v) is 5.67. The Morgan fingerprint density at radius 1 is 1.35 bits per heavy atom. The molecule has 0 N–H and O–H groups in total. The largest absolute Gasteiger partial charge is 0.496 e. The highest BCUT2D eigenvalue weighted by molar-refractivity contribution is 9.10. The number of ether oxygens (including phenoxy) is 1. The fourth-order valence-electron chi connectivity index (χ4n) is 1.17. The summed E-state index contributed by atoms with van der Waals surface area (Å²) < 4.78 is 55.5. The van der Waals surface area contributed by atoms with E-state index in [9.17, 15) is 17.6 Å². The average Bonchev–Trinajstić information content (AvgIpc) is 2.27. The van der Waals surface area contributed by atoms with Gasteiger partial charge in [0.2, 0.25) is 0 Å². The van der Waals surface area contributed by atoms with Gasteiger partial charge in [0.1, 0.15) is 11.1 Å². The fraction of sp³-hybridized carbons (Fsp3) is 0.400. The molecule has 0 aliphatic heterocycles. The van der Waals surface area contributed by atoms with E-state index in [1.54, 1.807) is 0 Å². The van der Waals surface area contributed by atoms with E-state index in [-0.39, 0.29) is 5.56 Å². The SMILES string of the molecule is COc1ccc(C(Cl)C(F)(F)C(F)F)cc1Br. The van der Waals surface area contributed by atoms with E-state index in [1.165, 1.54) is 25.3 Å². The molecule has 0 bridgehead atoms. The molecule has 0 aliphatic rings. The van der Waals surface area contributed by atoms with Gasteiger partial charge in [-0.25, -0.2) is 8.78 Å². The molecule has 96 valence electrons. The molecule has 0 amide bonds. The van der Waals surface area contributed by atoms with Crippen molar-refractivity contribution in [1.29, 1.82) is 0 Å². The summed E-state index contributed by atoms with van der Waals surface area (Å²) in [6.07, 6.45) is -3.81. The maximum absolute atomic E-state index is 13.0. The standard InChI is InChI=1S/C10H8BrClF4O/c1-17-7-3-2-5(4-6(7)11)8(12)10(15,16)9(13)14/h2-4,8-9H,1H3. The quantitative estimate of drug-likeness (QED) is 0.575. The van der Waals surface area contributed by atoms with Gasteiger partial charge in [0, 0.05) is 0 Å². The van der Waals surface area contributed by atoms with Gasteiger partial charge in [-0.3, -0.25) is 0 Å². The number of methoxy groups -OCH3 is 1. The highest BCUT2D eigenvalue weighted by Crippen LogP contribution is 2.42. The molecule has 17 heavy (non-hydrogen) atoms. The zero-order valence-corrected chi connectivity index (χ0v) is 10.9. The Morgan fingerprint density at radius 2 is 1.94 bits per heavy atom. The smallest absolute Gasteiger partial charge is 0.327 e. The summed E-state index contributed by atoms with van der Waals surface area (Å²) in [6, 6.07) is 3.82. The van der Waals surface area contributed by atoms with E-state index in [0.29, 0.717) is 10.2 Å². The second-order valence-electron chi connectivity index (χ2n) is 3.23. The predicted octanol–water partition coefficient (Wildman–Crippen LogP) is 4.64. The van der Waals surface area contributed by atoms with Crippen molar-refractivity contribution in [3.63, 3.8) is 0 Å². The van der Waals surface area contributed by atoms with E-state index in [4.69, 9.17) is 16.3 Å². The van der Waals surface area contributed by atoms with Gasteiger partial charge in [0.15, 0.2) is 0 Å². The Balaban J connectivity index is 3.05. The number of halogens is 6. The zero-order chi connectivity index (χ0) is 13.2. The summed E-state index contributed by atoms with van der Waals surface area (Å²) in [5.41, 5.74) is -0.107. The number of benzene rings is 1. The van der Waals surface area contributed by atoms with Crippen LogP contribution in [-0.4, -0.2) is 19.5 Å². The highest BCUT2D eigenvalue weighted by Gasteiger charge is 2.48. The third-order valence-electron chi connectivity index (χ3n) is 2.10. The van der Waals surface area contributed by atoms with E-state index in [1.807, 2.05) is 0 Å². The molecule has 0 radical (unpaired) electrons. The van der Waals surface area contributed by atoms with Gasteiger partial charge >= 0.3 is 12.3 Å². The minimum absolute atomic E-state index is 0.107. The van der Waals surface area contributed by atoms with E-state index in [2.05, 4.69) is 15.9 Å². The lowest BCUT2D eigenvalue weighted by Crippen LogP contribution is -2.31. The highest BCUT2D eigenvalue weighted by atomic mass is 79.9. The van der Waals surface area contributed by atoms with E-state index >= 15 is 0 Å². The Bertz CT molecular complexity index is 400. The average molecular weight is 336 g/mol. The van der Waals surface area contributed by atoms with Gasteiger partial charge in [0.25, 0.3) is 0 Å². The van der Waals surface area contributed by atoms with Crippen molar-refractivity contribution in [2.45, 2.75) is 17.7 Å². The van der Waals surface area contributed by atoms with Crippen LogP contribution >= 0.6 is 27.5 Å². The van der Waals surface area contributed by atoms with Crippen LogP contribution in [-0.2, 0) is 0 Å². The maximum Gasteiger partial charge on any atom is 0.327 e. The van der Waals surface area contributed by atoms with Crippen LogP contribution in [0.4, 0.5) is 17.6 Å². The number of hydrogen-bond donors (Lipinski definition) is 0. The summed E-state index contributed by atoms with van der Waals surface area (Å²) in [5, 5.41) is -2.09. The topological polar surface area (TPSA) is 9.23 Å². The van der Waals surface area contributed by atoms with Crippen molar-refractivity contribution in [2.75, 3.05) is 7.11 Å². The van der Waals surface area contributed by atoms with Crippen LogP contribution in [0.25, 0.3) is 0 Å². The second kappa shape index (κ2) is 5.44. The first kappa shape index (κ1) is 14.6.